The molecule has 0 aliphatic carbocycles. The van der Waals surface area contributed by atoms with Gasteiger partial charge >= 0.3 is 0 Å². The maximum atomic E-state index is 12.4. The number of carbonyl (C=O) groups excluding carboxylic acids is 1. The van der Waals surface area contributed by atoms with Gasteiger partial charge in [0, 0.05) is 24.5 Å². The number of halogens is 1. The van der Waals surface area contributed by atoms with Crippen molar-refractivity contribution in [3.63, 3.8) is 0 Å². The van der Waals surface area contributed by atoms with Gasteiger partial charge in [0.15, 0.2) is 0 Å². The normalized spacial score (nSPS) is 22.5. The van der Waals surface area contributed by atoms with E-state index in [4.69, 9.17) is 0 Å². The van der Waals surface area contributed by atoms with E-state index in [9.17, 15) is 4.79 Å². The van der Waals surface area contributed by atoms with Crippen molar-refractivity contribution in [2.24, 2.45) is 0 Å². The molecule has 2 heterocycles. The predicted octanol–water partition coefficient (Wildman–Crippen LogP) is 2.52. The standard InChI is InChI=1S/C12H17IN2OS/c1-9-7-14(2)4-3-5-15(9)12(16)10-6-11(13)17-8-10/h6,8-9H,3-5,7H2,1-2H3. The van der Waals surface area contributed by atoms with Crippen LogP contribution in [0.4, 0.5) is 0 Å². The van der Waals surface area contributed by atoms with E-state index in [2.05, 4.69) is 41.5 Å². The molecule has 0 saturated carbocycles. The first-order valence-corrected chi connectivity index (χ1v) is 7.77. The van der Waals surface area contributed by atoms with E-state index in [1.165, 1.54) is 2.88 Å². The molecule has 17 heavy (non-hydrogen) atoms. The zero-order valence-corrected chi connectivity index (χ0v) is 13.1. The Kier molecular flexibility index (Phi) is 4.43. The number of amides is 1. The molecule has 0 radical (unpaired) electrons. The van der Waals surface area contributed by atoms with Crippen molar-refractivity contribution in [1.29, 1.82) is 0 Å². The highest BCUT2D eigenvalue weighted by molar-refractivity contribution is 14.1. The molecular formula is C12H17IN2OS. The van der Waals surface area contributed by atoms with E-state index < -0.39 is 0 Å². The van der Waals surface area contributed by atoms with E-state index >= 15 is 0 Å². The maximum absolute atomic E-state index is 12.4. The fourth-order valence-corrected chi connectivity index (χ4v) is 3.58. The van der Waals surface area contributed by atoms with Gasteiger partial charge in [0.05, 0.1) is 8.45 Å². The Morgan fingerprint density at radius 2 is 2.29 bits per heavy atom. The van der Waals surface area contributed by atoms with Crippen LogP contribution in [-0.4, -0.2) is 48.4 Å². The van der Waals surface area contributed by atoms with Crippen molar-refractivity contribution in [3.8, 4) is 0 Å². The van der Waals surface area contributed by atoms with E-state index in [0.717, 1.165) is 31.6 Å². The lowest BCUT2D eigenvalue weighted by Gasteiger charge is -2.27. The highest BCUT2D eigenvalue weighted by Crippen LogP contribution is 2.20. The van der Waals surface area contributed by atoms with Gasteiger partial charge in [-0.1, -0.05) is 0 Å². The summed E-state index contributed by atoms with van der Waals surface area (Å²) in [7, 11) is 2.12. The van der Waals surface area contributed by atoms with Crippen LogP contribution in [0.15, 0.2) is 11.4 Å². The van der Waals surface area contributed by atoms with Crippen LogP contribution in [-0.2, 0) is 0 Å². The minimum absolute atomic E-state index is 0.187. The molecule has 0 spiro atoms. The van der Waals surface area contributed by atoms with Crippen molar-refractivity contribution >= 4 is 39.8 Å². The van der Waals surface area contributed by atoms with Gasteiger partial charge in [-0.15, -0.1) is 11.3 Å². The Balaban J connectivity index is 2.12. The summed E-state index contributed by atoms with van der Waals surface area (Å²) in [6, 6.07) is 2.28. The van der Waals surface area contributed by atoms with Gasteiger partial charge in [-0.05, 0) is 55.6 Å². The van der Waals surface area contributed by atoms with Gasteiger partial charge < -0.3 is 9.80 Å². The molecular weight excluding hydrogens is 347 g/mol. The molecule has 1 atom stereocenters. The molecule has 1 unspecified atom stereocenters. The summed E-state index contributed by atoms with van der Waals surface area (Å²) in [5, 5.41) is 1.96. The lowest BCUT2D eigenvalue weighted by Crippen LogP contribution is -2.41. The minimum Gasteiger partial charge on any atom is -0.335 e. The molecule has 0 bridgehead atoms. The maximum Gasteiger partial charge on any atom is 0.255 e. The van der Waals surface area contributed by atoms with Crippen LogP contribution in [0.1, 0.15) is 23.7 Å². The Hall–Kier alpha value is -0.140. The van der Waals surface area contributed by atoms with Gasteiger partial charge in [0.2, 0.25) is 0 Å². The van der Waals surface area contributed by atoms with Crippen LogP contribution >= 0.6 is 33.9 Å². The summed E-state index contributed by atoms with van der Waals surface area (Å²) in [5.41, 5.74) is 0.843. The molecule has 0 N–H and O–H groups in total. The Morgan fingerprint density at radius 3 is 2.94 bits per heavy atom. The second-order valence-electron chi connectivity index (χ2n) is 4.60. The average Bonchev–Trinajstić information content (AvgIpc) is 2.62. The summed E-state index contributed by atoms with van der Waals surface area (Å²) < 4.78 is 1.17. The molecule has 1 aliphatic heterocycles. The molecule has 1 amide bonds. The summed E-state index contributed by atoms with van der Waals surface area (Å²) in [4.78, 5) is 16.7. The molecule has 2 rings (SSSR count). The van der Waals surface area contributed by atoms with Crippen molar-refractivity contribution in [1.82, 2.24) is 9.80 Å². The lowest BCUT2D eigenvalue weighted by atomic mass is 10.2. The fourth-order valence-electron chi connectivity index (χ4n) is 2.26. The van der Waals surface area contributed by atoms with Gasteiger partial charge in [-0.3, -0.25) is 4.79 Å². The first-order chi connectivity index (χ1) is 8.08. The topological polar surface area (TPSA) is 23.6 Å². The van der Waals surface area contributed by atoms with Crippen molar-refractivity contribution in [2.75, 3.05) is 26.7 Å². The summed E-state index contributed by atoms with van der Waals surface area (Å²) in [5.74, 6) is 0.187. The number of rotatable bonds is 1. The van der Waals surface area contributed by atoms with Gasteiger partial charge in [-0.25, -0.2) is 0 Å². The second-order valence-corrected chi connectivity index (χ2v) is 7.41. The molecule has 1 aliphatic rings. The third-order valence-corrected chi connectivity index (χ3v) is 4.91. The molecule has 1 fully saturated rings. The summed E-state index contributed by atoms with van der Waals surface area (Å²) >= 11 is 3.89. The fraction of sp³-hybridized carbons (Fsp3) is 0.583. The monoisotopic (exact) mass is 364 g/mol. The minimum atomic E-state index is 0.187. The van der Waals surface area contributed by atoms with Crippen LogP contribution in [0.3, 0.4) is 0 Å². The summed E-state index contributed by atoms with van der Waals surface area (Å²) in [6.45, 7) is 5.05. The van der Waals surface area contributed by atoms with E-state index in [-0.39, 0.29) is 5.91 Å². The van der Waals surface area contributed by atoms with Crippen molar-refractivity contribution in [2.45, 2.75) is 19.4 Å². The highest BCUT2D eigenvalue weighted by Gasteiger charge is 2.25. The number of likely N-dealkylation sites (N-methyl/N-ethyl adjacent to an activating group) is 1. The average molecular weight is 364 g/mol. The van der Waals surface area contributed by atoms with Crippen LogP contribution in [0.2, 0.25) is 0 Å². The Bertz CT molecular complexity index is 407. The Labute approximate surface area is 120 Å². The van der Waals surface area contributed by atoms with Crippen LogP contribution in [0.5, 0.6) is 0 Å². The predicted molar refractivity (Wildman–Crippen MR) is 79.6 cm³/mol. The molecule has 5 heteroatoms. The number of nitrogens with zero attached hydrogens (tertiary/aromatic N) is 2. The number of thiophene rings is 1. The highest BCUT2D eigenvalue weighted by atomic mass is 127. The van der Waals surface area contributed by atoms with E-state index in [1.54, 1.807) is 11.3 Å². The molecule has 0 aromatic carbocycles. The van der Waals surface area contributed by atoms with Gasteiger partial charge in [0.1, 0.15) is 0 Å². The molecule has 94 valence electrons. The third-order valence-electron chi connectivity index (χ3n) is 3.12. The Morgan fingerprint density at radius 1 is 1.53 bits per heavy atom. The quantitative estimate of drug-likeness (QED) is 0.715. The van der Waals surface area contributed by atoms with E-state index in [0.29, 0.717) is 6.04 Å². The van der Waals surface area contributed by atoms with E-state index in [1.807, 2.05) is 16.3 Å². The zero-order chi connectivity index (χ0) is 12.4. The SMILES string of the molecule is CC1CN(C)CCCN1C(=O)c1csc(I)c1. The molecule has 1 aromatic rings. The molecule has 1 saturated heterocycles. The number of carbonyl (C=O) groups is 1. The number of hydrogen-bond donors (Lipinski definition) is 0. The van der Waals surface area contributed by atoms with Gasteiger partial charge in [0.25, 0.3) is 5.91 Å². The molecule has 3 nitrogen and oxygen atoms in total. The molecule has 1 aromatic heterocycles. The number of hydrogen-bond acceptors (Lipinski definition) is 3. The zero-order valence-electron chi connectivity index (χ0n) is 10.1. The van der Waals surface area contributed by atoms with Crippen LogP contribution in [0, 0.1) is 2.88 Å². The lowest BCUT2D eigenvalue weighted by molar-refractivity contribution is 0.0697. The van der Waals surface area contributed by atoms with Crippen LogP contribution in [0.25, 0.3) is 0 Å². The third kappa shape index (κ3) is 3.20. The smallest absolute Gasteiger partial charge is 0.255 e. The van der Waals surface area contributed by atoms with Gasteiger partial charge in [-0.2, -0.15) is 0 Å². The second kappa shape index (κ2) is 5.67. The largest absolute Gasteiger partial charge is 0.335 e. The first kappa shape index (κ1) is 13.3. The van der Waals surface area contributed by atoms with Crippen molar-refractivity contribution in [3.05, 3.63) is 19.9 Å². The first-order valence-electron chi connectivity index (χ1n) is 5.81. The van der Waals surface area contributed by atoms with Crippen molar-refractivity contribution < 1.29 is 4.79 Å². The summed E-state index contributed by atoms with van der Waals surface area (Å²) in [6.07, 6.45) is 1.06. The van der Waals surface area contributed by atoms with Crippen LogP contribution < -0.4 is 0 Å².